The molecule has 3 rings (SSSR count). The zero-order valence-corrected chi connectivity index (χ0v) is 12.7. The third-order valence-corrected chi connectivity index (χ3v) is 3.41. The molecule has 0 saturated heterocycles. The minimum Gasteiger partial charge on any atom is -0.493 e. The number of carbonyl (C=O) groups excluding carboxylic acids is 2. The summed E-state index contributed by atoms with van der Waals surface area (Å²) in [5.74, 6) is 0.744. The van der Waals surface area contributed by atoms with Crippen LogP contribution in [0.2, 0.25) is 0 Å². The zero-order valence-electron chi connectivity index (χ0n) is 12.7. The van der Waals surface area contributed by atoms with E-state index in [9.17, 15) is 9.59 Å². The van der Waals surface area contributed by atoms with Crippen LogP contribution in [-0.4, -0.2) is 18.5 Å². The molecular weight excluding hydrogens is 294 g/mol. The topological polar surface area (TPSA) is 79.5 Å². The third-order valence-electron chi connectivity index (χ3n) is 3.41. The molecule has 6 heteroatoms. The first-order valence-electron chi connectivity index (χ1n) is 7.31. The number of fused-ring (bicyclic) bond motifs is 1. The standard InChI is InChI=1S/C17H17N3O3/c1-11(21)18-13-2-4-14(5-3-13)19-17(22)20-15-6-7-16-12(10-15)8-9-23-16/h2-7,10H,8-9H2,1H3,(H,18,21)(H2,19,20,22). The van der Waals surface area contributed by atoms with Gasteiger partial charge in [-0.1, -0.05) is 0 Å². The van der Waals surface area contributed by atoms with Crippen LogP contribution in [0.25, 0.3) is 0 Å². The molecule has 23 heavy (non-hydrogen) atoms. The zero-order chi connectivity index (χ0) is 16.2. The summed E-state index contributed by atoms with van der Waals surface area (Å²) < 4.78 is 5.43. The van der Waals surface area contributed by atoms with Gasteiger partial charge in [-0.05, 0) is 48.0 Å². The Hall–Kier alpha value is -3.02. The SMILES string of the molecule is CC(=O)Nc1ccc(NC(=O)Nc2ccc3c(c2)CCO3)cc1. The third kappa shape index (κ3) is 3.79. The van der Waals surface area contributed by atoms with Crippen LogP contribution in [0.15, 0.2) is 42.5 Å². The van der Waals surface area contributed by atoms with Crippen molar-refractivity contribution in [2.45, 2.75) is 13.3 Å². The Morgan fingerprint density at radius 3 is 2.22 bits per heavy atom. The lowest BCUT2D eigenvalue weighted by Crippen LogP contribution is -2.19. The molecule has 1 aliphatic rings. The molecule has 1 heterocycles. The molecule has 0 atom stereocenters. The first-order valence-corrected chi connectivity index (χ1v) is 7.31. The van der Waals surface area contributed by atoms with Crippen LogP contribution in [0, 0.1) is 0 Å². The van der Waals surface area contributed by atoms with Crippen LogP contribution in [0.3, 0.4) is 0 Å². The molecule has 0 aliphatic carbocycles. The lowest BCUT2D eigenvalue weighted by atomic mass is 10.1. The lowest BCUT2D eigenvalue weighted by Gasteiger charge is -2.09. The predicted octanol–water partition coefficient (Wildman–Crippen LogP) is 3.22. The average molecular weight is 311 g/mol. The van der Waals surface area contributed by atoms with Crippen LogP contribution < -0.4 is 20.7 Å². The molecule has 0 spiro atoms. The Kier molecular flexibility index (Phi) is 4.14. The Balaban J connectivity index is 1.59. The van der Waals surface area contributed by atoms with Crippen molar-refractivity contribution in [3.63, 3.8) is 0 Å². The van der Waals surface area contributed by atoms with Gasteiger partial charge in [-0.25, -0.2) is 4.79 Å². The van der Waals surface area contributed by atoms with Crippen molar-refractivity contribution in [3.8, 4) is 5.75 Å². The fraction of sp³-hybridized carbons (Fsp3) is 0.176. The molecule has 1 aliphatic heterocycles. The molecule has 0 unspecified atom stereocenters. The van der Waals surface area contributed by atoms with Crippen LogP contribution in [0.1, 0.15) is 12.5 Å². The van der Waals surface area contributed by atoms with Gasteiger partial charge >= 0.3 is 6.03 Å². The number of carbonyl (C=O) groups is 2. The number of anilines is 3. The summed E-state index contributed by atoms with van der Waals surface area (Å²) in [5, 5.41) is 8.21. The molecule has 3 amide bonds. The van der Waals surface area contributed by atoms with E-state index in [1.54, 1.807) is 24.3 Å². The van der Waals surface area contributed by atoms with Gasteiger partial charge in [0.05, 0.1) is 6.61 Å². The van der Waals surface area contributed by atoms with Crippen molar-refractivity contribution in [1.29, 1.82) is 0 Å². The fourth-order valence-corrected chi connectivity index (χ4v) is 2.40. The van der Waals surface area contributed by atoms with Gasteiger partial charge in [0.15, 0.2) is 0 Å². The van der Waals surface area contributed by atoms with Gasteiger partial charge in [-0.15, -0.1) is 0 Å². The molecule has 0 radical (unpaired) electrons. The smallest absolute Gasteiger partial charge is 0.323 e. The Bertz CT molecular complexity index is 741. The van der Waals surface area contributed by atoms with Crippen LogP contribution in [0.4, 0.5) is 21.9 Å². The average Bonchev–Trinajstić information content (AvgIpc) is 2.96. The highest BCUT2D eigenvalue weighted by Gasteiger charge is 2.13. The summed E-state index contributed by atoms with van der Waals surface area (Å²) in [7, 11) is 0. The van der Waals surface area contributed by atoms with E-state index in [2.05, 4.69) is 16.0 Å². The number of hydrogen-bond acceptors (Lipinski definition) is 3. The molecule has 0 bridgehead atoms. The first kappa shape index (κ1) is 14.9. The van der Waals surface area contributed by atoms with Crippen molar-refractivity contribution < 1.29 is 14.3 Å². The summed E-state index contributed by atoms with van der Waals surface area (Å²) in [6.07, 6.45) is 0.858. The molecule has 6 nitrogen and oxygen atoms in total. The normalized spacial score (nSPS) is 12.0. The summed E-state index contributed by atoms with van der Waals surface area (Å²) in [6.45, 7) is 2.13. The number of rotatable bonds is 3. The van der Waals surface area contributed by atoms with Crippen molar-refractivity contribution in [2.75, 3.05) is 22.6 Å². The van der Waals surface area contributed by atoms with E-state index in [0.29, 0.717) is 18.0 Å². The Labute approximate surface area is 133 Å². The largest absolute Gasteiger partial charge is 0.493 e. The number of hydrogen-bond donors (Lipinski definition) is 3. The summed E-state index contributed by atoms with van der Waals surface area (Å²) in [5.41, 5.74) is 3.15. The maximum atomic E-state index is 12.0. The number of amides is 3. The molecule has 3 N–H and O–H groups in total. The molecular formula is C17H17N3O3. The van der Waals surface area contributed by atoms with E-state index < -0.39 is 0 Å². The van der Waals surface area contributed by atoms with Gasteiger partial charge in [-0.2, -0.15) is 0 Å². The van der Waals surface area contributed by atoms with Crippen molar-refractivity contribution in [2.24, 2.45) is 0 Å². The van der Waals surface area contributed by atoms with Gasteiger partial charge in [0.1, 0.15) is 5.75 Å². The van der Waals surface area contributed by atoms with Gasteiger partial charge in [0.25, 0.3) is 0 Å². The summed E-state index contributed by atoms with van der Waals surface area (Å²) in [4.78, 5) is 23.0. The van der Waals surface area contributed by atoms with Gasteiger partial charge in [0.2, 0.25) is 5.91 Å². The molecule has 0 aromatic heterocycles. The van der Waals surface area contributed by atoms with Crippen LogP contribution in [-0.2, 0) is 11.2 Å². The molecule has 0 fully saturated rings. The number of ether oxygens (including phenoxy) is 1. The van der Waals surface area contributed by atoms with E-state index in [4.69, 9.17) is 4.74 Å². The van der Waals surface area contributed by atoms with E-state index in [1.165, 1.54) is 6.92 Å². The minimum atomic E-state index is -0.323. The number of urea groups is 1. The fourth-order valence-electron chi connectivity index (χ4n) is 2.40. The maximum Gasteiger partial charge on any atom is 0.323 e. The summed E-state index contributed by atoms with van der Waals surface area (Å²) in [6, 6.07) is 12.2. The second-order valence-electron chi connectivity index (χ2n) is 5.26. The van der Waals surface area contributed by atoms with E-state index >= 15 is 0 Å². The quantitative estimate of drug-likeness (QED) is 0.814. The van der Waals surface area contributed by atoms with Gasteiger partial charge < -0.3 is 20.7 Å². The Morgan fingerprint density at radius 1 is 0.913 bits per heavy atom. The highest BCUT2D eigenvalue weighted by atomic mass is 16.5. The van der Waals surface area contributed by atoms with E-state index in [1.807, 2.05) is 18.2 Å². The van der Waals surface area contributed by atoms with Gasteiger partial charge in [0, 0.05) is 30.4 Å². The number of benzene rings is 2. The first-order chi connectivity index (χ1) is 11.1. The second-order valence-corrected chi connectivity index (χ2v) is 5.26. The minimum absolute atomic E-state index is 0.135. The molecule has 2 aromatic rings. The maximum absolute atomic E-state index is 12.0. The van der Waals surface area contributed by atoms with Crippen molar-refractivity contribution >= 4 is 29.0 Å². The molecule has 0 saturated carbocycles. The van der Waals surface area contributed by atoms with E-state index in [-0.39, 0.29) is 11.9 Å². The van der Waals surface area contributed by atoms with Crippen molar-refractivity contribution in [1.82, 2.24) is 0 Å². The highest BCUT2D eigenvalue weighted by Crippen LogP contribution is 2.27. The molecule has 118 valence electrons. The monoisotopic (exact) mass is 311 g/mol. The highest BCUT2D eigenvalue weighted by molar-refractivity contribution is 6.00. The summed E-state index contributed by atoms with van der Waals surface area (Å²) >= 11 is 0. The van der Waals surface area contributed by atoms with Crippen LogP contribution in [0.5, 0.6) is 5.75 Å². The second kappa shape index (κ2) is 6.39. The molecule has 2 aromatic carbocycles. The lowest BCUT2D eigenvalue weighted by molar-refractivity contribution is -0.114. The van der Waals surface area contributed by atoms with Gasteiger partial charge in [-0.3, -0.25) is 4.79 Å². The Morgan fingerprint density at radius 2 is 1.52 bits per heavy atom. The van der Waals surface area contributed by atoms with Crippen molar-refractivity contribution in [3.05, 3.63) is 48.0 Å². The van der Waals surface area contributed by atoms with E-state index in [0.717, 1.165) is 23.4 Å². The number of nitrogens with one attached hydrogen (secondary N) is 3. The predicted molar refractivity (Wildman–Crippen MR) is 89.0 cm³/mol. The van der Waals surface area contributed by atoms with Crippen LogP contribution >= 0.6 is 0 Å².